The number of fused-ring (bicyclic) bond motifs is 10. The summed E-state index contributed by atoms with van der Waals surface area (Å²) < 4.78 is 9.45. The van der Waals surface area contributed by atoms with E-state index >= 15 is 0 Å². The molecule has 4 aromatic heterocycles. The number of para-hydroxylation sites is 4. The van der Waals surface area contributed by atoms with Crippen molar-refractivity contribution in [3.05, 3.63) is 182 Å². The van der Waals surface area contributed by atoms with Crippen molar-refractivity contribution in [1.82, 2.24) is 18.3 Å². The van der Waals surface area contributed by atoms with Gasteiger partial charge in [-0.25, -0.2) is 0 Å². The van der Waals surface area contributed by atoms with Crippen LogP contribution in [0.1, 0.15) is 0 Å². The fourth-order valence-corrected chi connectivity index (χ4v) is 8.27. The molecule has 11 aromatic rings. The third-order valence-electron chi connectivity index (χ3n) is 10.4. The first-order chi connectivity index (χ1) is 24.8. The molecule has 0 N–H and O–H groups in total. The van der Waals surface area contributed by atoms with Gasteiger partial charge in [0, 0.05) is 67.5 Å². The van der Waals surface area contributed by atoms with E-state index in [4.69, 9.17) is 0 Å². The van der Waals surface area contributed by atoms with Gasteiger partial charge in [0.15, 0.2) is 0 Å². The van der Waals surface area contributed by atoms with Gasteiger partial charge in [-0.15, -0.1) is 0 Å². The third-order valence-corrected chi connectivity index (χ3v) is 10.4. The zero-order valence-electron chi connectivity index (χ0n) is 27.1. The lowest BCUT2D eigenvalue weighted by Crippen LogP contribution is -1.98. The Bertz CT molecular complexity index is 2850. The molecule has 0 amide bonds. The quantitative estimate of drug-likeness (QED) is 0.183. The molecule has 0 unspecified atom stereocenters. The lowest BCUT2D eigenvalue weighted by Gasteiger charge is -2.13. The zero-order valence-corrected chi connectivity index (χ0v) is 27.1. The second-order valence-electron chi connectivity index (χ2n) is 13.1. The summed E-state index contributed by atoms with van der Waals surface area (Å²) in [4.78, 5) is 0. The summed E-state index contributed by atoms with van der Waals surface area (Å²) in [5.74, 6) is 0. The molecule has 11 rings (SSSR count). The Morgan fingerprint density at radius 2 is 0.640 bits per heavy atom. The SMILES string of the molecule is c1ccc(-n2ccc3c2ccc2c4ccccc4n(-c4ccc(-n5c6ccccc6c6ccc7c(ccn7-c7ccccc7)c65)cc4)c23)cc1. The van der Waals surface area contributed by atoms with E-state index < -0.39 is 0 Å². The molecule has 0 fully saturated rings. The normalized spacial score (nSPS) is 12.0. The van der Waals surface area contributed by atoms with Crippen LogP contribution >= 0.6 is 0 Å². The van der Waals surface area contributed by atoms with E-state index in [0.717, 1.165) is 22.7 Å². The molecule has 0 aliphatic rings. The van der Waals surface area contributed by atoms with Crippen LogP contribution in [0.25, 0.3) is 88.2 Å². The Morgan fingerprint density at radius 1 is 0.240 bits per heavy atom. The zero-order chi connectivity index (χ0) is 32.8. The van der Waals surface area contributed by atoms with Crippen molar-refractivity contribution >= 4 is 65.4 Å². The van der Waals surface area contributed by atoms with Crippen LogP contribution in [0.15, 0.2) is 182 Å². The maximum absolute atomic E-state index is 2.44. The minimum Gasteiger partial charge on any atom is -0.316 e. The molecule has 0 saturated heterocycles. The molecule has 0 saturated carbocycles. The molecule has 4 nitrogen and oxygen atoms in total. The fourth-order valence-electron chi connectivity index (χ4n) is 8.27. The Labute approximate surface area is 287 Å². The van der Waals surface area contributed by atoms with Gasteiger partial charge >= 0.3 is 0 Å². The number of benzene rings is 7. The van der Waals surface area contributed by atoms with Gasteiger partial charge < -0.3 is 18.3 Å². The van der Waals surface area contributed by atoms with E-state index in [1.807, 2.05) is 0 Å². The van der Waals surface area contributed by atoms with E-state index in [1.165, 1.54) is 65.4 Å². The number of nitrogens with zero attached hydrogens (tertiary/aromatic N) is 4. The van der Waals surface area contributed by atoms with Crippen LogP contribution in [0.2, 0.25) is 0 Å². The second kappa shape index (κ2) is 10.4. The molecule has 0 bridgehead atoms. The molecule has 234 valence electrons. The van der Waals surface area contributed by atoms with Crippen molar-refractivity contribution in [3.8, 4) is 22.7 Å². The average Bonchev–Trinajstić information content (AvgIpc) is 3.96. The van der Waals surface area contributed by atoms with E-state index in [2.05, 4.69) is 201 Å². The molecule has 0 aliphatic carbocycles. The lowest BCUT2D eigenvalue weighted by atomic mass is 10.1. The van der Waals surface area contributed by atoms with Gasteiger partial charge in [-0.05, 0) is 84.9 Å². The minimum absolute atomic E-state index is 1.14. The predicted molar refractivity (Wildman–Crippen MR) is 209 cm³/mol. The Hall–Kier alpha value is -6.78. The fraction of sp³-hybridized carbons (Fsp3) is 0. The Morgan fingerprint density at radius 3 is 1.08 bits per heavy atom. The Kier molecular flexibility index (Phi) is 5.63. The topological polar surface area (TPSA) is 19.7 Å². The molecular formula is C46H30N4. The van der Waals surface area contributed by atoms with Gasteiger partial charge in [0.1, 0.15) is 0 Å². The van der Waals surface area contributed by atoms with Gasteiger partial charge in [0.2, 0.25) is 0 Å². The summed E-state index contributed by atoms with van der Waals surface area (Å²) >= 11 is 0. The van der Waals surface area contributed by atoms with Crippen molar-refractivity contribution in [2.45, 2.75) is 0 Å². The van der Waals surface area contributed by atoms with Crippen LogP contribution in [0.3, 0.4) is 0 Å². The first-order valence-electron chi connectivity index (χ1n) is 17.1. The second-order valence-corrected chi connectivity index (χ2v) is 13.1. The smallest absolute Gasteiger partial charge is 0.0635 e. The van der Waals surface area contributed by atoms with Gasteiger partial charge in [0.05, 0.1) is 33.1 Å². The monoisotopic (exact) mass is 638 g/mol. The first kappa shape index (κ1) is 27.2. The van der Waals surface area contributed by atoms with Crippen LogP contribution in [0.5, 0.6) is 0 Å². The molecule has 0 spiro atoms. The van der Waals surface area contributed by atoms with Crippen LogP contribution in [0, 0.1) is 0 Å². The summed E-state index contributed by atoms with van der Waals surface area (Å²) in [5.41, 5.74) is 11.9. The first-order valence-corrected chi connectivity index (χ1v) is 17.1. The summed E-state index contributed by atoms with van der Waals surface area (Å²) in [6, 6.07) is 61.5. The predicted octanol–water partition coefficient (Wildman–Crippen LogP) is 11.8. The minimum atomic E-state index is 1.14. The largest absolute Gasteiger partial charge is 0.316 e. The van der Waals surface area contributed by atoms with Gasteiger partial charge in [-0.3, -0.25) is 0 Å². The highest BCUT2D eigenvalue weighted by atomic mass is 15.0. The van der Waals surface area contributed by atoms with Crippen molar-refractivity contribution in [2.24, 2.45) is 0 Å². The van der Waals surface area contributed by atoms with Gasteiger partial charge in [-0.1, -0.05) is 84.9 Å². The highest BCUT2D eigenvalue weighted by Crippen LogP contribution is 2.40. The highest BCUT2D eigenvalue weighted by molar-refractivity contribution is 6.19. The summed E-state index contributed by atoms with van der Waals surface area (Å²) in [7, 11) is 0. The van der Waals surface area contributed by atoms with E-state index in [-0.39, 0.29) is 0 Å². The highest BCUT2D eigenvalue weighted by Gasteiger charge is 2.19. The van der Waals surface area contributed by atoms with E-state index in [1.54, 1.807) is 0 Å². The van der Waals surface area contributed by atoms with Crippen molar-refractivity contribution in [1.29, 1.82) is 0 Å². The van der Waals surface area contributed by atoms with Crippen molar-refractivity contribution in [3.63, 3.8) is 0 Å². The van der Waals surface area contributed by atoms with Gasteiger partial charge in [0.25, 0.3) is 0 Å². The summed E-state index contributed by atoms with van der Waals surface area (Å²) in [6.07, 6.45) is 4.39. The molecule has 0 aliphatic heterocycles. The molecule has 0 radical (unpaired) electrons. The summed E-state index contributed by atoms with van der Waals surface area (Å²) in [5, 5.41) is 7.51. The number of aromatic nitrogens is 4. The van der Waals surface area contributed by atoms with Crippen LogP contribution in [-0.4, -0.2) is 18.3 Å². The van der Waals surface area contributed by atoms with E-state index in [0.29, 0.717) is 0 Å². The standard InChI is InChI=1S/C46H30N4/c1-3-11-31(12-4-1)47-29-27-39-41(47)25-23-37-35-15-7-9-17-43(35)49(45(37)39)33-19-21-34(22-20-33)50-44-18-10-8-16-36(44)38-24-26-42-40(46(38)50)28-30-48(42)32-13-5-2-6-14-32/h1-30H. The average molecular weight is 639 g/mol. The maximum atomic E-state index is 2.44. The maximum Gasteiger partial charge on any atom is 0.0635 e. The molecule has 0 atom stereocenters. The lowest BCUT2D eigenvalue weighted by molar-refractivity contribution is 1.13. The molecular weight excluding hydrogens is 609 g/mol. The number of rotatable bonds is 4. The number of hydrogen-bond donors (Lipinski definition) is 0. The van der Waals surface area contributed by atoms with Crippen molar-refractivity contribution in [2.75, 3.05) is 0 Å². The van der Waals surface area contributed by atoms with Gasteiger partial charge in [-0.2, -0.15) is 0 Å². The number of hydrogen-bond acceptors (Lipinski definition) is 0. The van der Waals surface area contributed by atoms with Crippen LogP contribution in [-0.2, 0) is 0 Å². The molecule has 50 heavy (non-hydrogen) atoms. The summed E-state index contributed by atoms with van der Waals surface area (Å²) in [6.45, 7) is 0. The molecule has 4 heterocycles. The molecule has 4 heteroatoms. The third kappa shape index (κ3) is 3.76. The van der Waals surface area contributed by atoms with Crippen molar-refractivity contribution < 1.29 is 0 Å². The molecule has 7 aromatic carbocycles. The van der Waals surface area contributed by atoms with Crippen LogP contribution in [0.4, 0.5) is 0 Å². The van der Waals surface area contributed by atoms with E-state index in [9.17, 15) is 0 Å². The van der Waals surface area contributed by atoms with Crippen LogP contribution < -0.4 is 0 Å². The Balaban J connectivity index is 1.14.